The van der Waals surface area contributed by atoms with E-state index < -0.39 is 13.3 Å². The maximum absolute atomic E-state index is 11.3. The van der Waals surface area contributed by atoms with Gasteiger partial charge in [0.25, 0.3) is 0 Å². The van der Waals surface area contributed by atoms with Crippen molar-refractivity contribution in [3.8, 4) is 0 Å². The summed E-state index contributed by atoms with van der Waals surface area (Å²) in [7, 11) is -3.14. The zero-order chi connectivity index (χ0) is 11.0. The zero-order valence-corrected chi connectivity index (χ0v) is 9.20. The first-order chi connectivity index (χ1) is 6.52. The van der Waals surface area contributed by atoms with Gasteiger partial charge in [-0.2, -0.15) is 0 Å². The average molecular weight is 224 g/mol. The number of ether oxygens (including phenoxy) is 1. The smallest absolute Gasteiger partial charge is 0.306 e. The lowest BCUT2D eigenvalue weighted by Crippen LogP contribution is -2.10. The summed E-state index contributed by atoms with van der Waals surface area (Å²) in [4.78, 5) is 20.2. The van der Waals surface area contributed by atoms with Crippen LogP contribution in [0, 0.1) is 0 Å². The van der Waals surface area contributed by atoms with Gasteiger partial charge in [0.1, 0.15) is 6.61 Å². The summed E-state index contributed by atoms with van der Waals surface area (Å²) in [6.07, 6.45) is 0.763. The number of aliphatic hydroxyl groups excluding tert-OH is 1. The Morgan fingerprint density at radius 2 is 2.07 bits per heavy atom. The fourth-order valence-corrected chi connectivity index (χ4v) is 2.41. The fraction of sp³-hybridized carbons (Fsp3) is 0.875. The van der Waals surface area contributed by atoms with Crippen molar-refractivity contribution in [2.75, 3.05) is 25.5 Å². The predicted molar refractivity (Wildman–Crippen MR) is 52.5 cm³/mol. The second-order valence-electron chi connectivity index (χ2n) is 2.99. The maximum Gasteiger partial charge on any atom is 0.306 e. The summed E-state index contributed by atoms with van der Waals surface area (Å²) >= 11 is 0. The number of hydrogen-bond donors (Lipinski definition) is 2. The normalized spacial score (nSPS) is 14.8. The first-order valence-electron chi connectivity index (χ1n) is 4.59. The lowest BCUT2D eigenvalue weighted by atomic mass is 10.5. The molecule has 84 valence electrons. The number of carbonyl (C=O) groups excluding carboxylic acids is 1. The van der Waals surface area contributed by atoms with Crippen LogP contribution in [0.25, 0.3) is 0 Å². The lowest BCUT2D eigenvalue weighted by Gasteiger charge is -2.09. The molecule has 2 N–H and O–H groups in total. The highest BCUT2D eigenvalue weighted by molar-refractivity contribution is 7.58. The van der Waals surface area contributed by atoms with Crippen LogP contribution < -0.4 is 0 Å². The van der Waals surface area contributed by atoms with E-state index in [1.807, 2.05) is 6.92 Å². The second-order valence-corrected chi connectivity index (χ2v) is 5.57. The number of esters is 1. The molecule has 0 fully saturated rings. The fourth-order valence-electron chi connectivity index (χ4n) is 0.959. The van der Waals surface area contributed by atoms with Gasteiger partial charge in [0.15, 0.2) is 0 Å². The van der Waals surface area contributed by atoms with Crippen molar-refractivity contribution in [1.29, 1.82) is 0 Å². The van der Waals surface area contributed by atoms with E-state index in [-0.39, 0.29) is 32.0 Å². The lowest BCUT2D eigenvalue weighted by molar-refractivity contribution is -0.144. The Balaban J connectivity index is 3.70. The quantitative estimate of drug-likeness (QED) is 0.488. The molecule has 0 radical (unpaired) electrons. The van der Waals surface area contributed by atoms with Gasteiger partial charge < -0.3 is 14.7 Å². The molecule has 0 bridgehead atoms. The monoisotopic (exact) mass is 224 g/mol. The third-order valence-electron chi connectivity index (χ3n) is 1.59. The van der Waals surface area contributed by atoms with E-state index in [1.54, 1.807) is 0 Å². The minimum atomic E-state index is -3.14. The number of hydrogen-bond acceptors (Lipinski definition) is 4. The second kappa shape index (κ2) is 6.98. The van der Waals surface area contributed by atoms with Gasteiger partial charge in [-0.3, -0.25) is 9.36 Å². The molecule has 14 heavy (non-hydrogen) atoms. The van der Waals surface area contributed by atoms with Crippen LogP contribution in [-0.4, -0.2) is 41.5 Å². The molecule has 0 amide bonds. The van der Waals surface area contributed by atoms with Crippen LogP contribution in [0.1, 0.15) is 19.8 Å². The van der Waals surface area contributed by atoms with E-state index in [0.29, 0.717) is 6.42 Å². The molecule has 1 unspecified atom stereocenters. The predicted octanol–water partition coefficient (Wildman–Crippen LogP) is 0.592. The molecule has 0 aliphatic carbocycles. The molecule has 1 atom stereocenters. The summed E-state index contributed by atoms with van der Waals surface area (Å²) < 4.78 is 15.8. The van der Waals surface area contributed by atoms with E-state index in [9.17, 15) is 14.3 Å². The van der Waals surface area contributed by atoms with Gasteiger partial charge in [0.05, 0.1) is 13.0 Å². The van der Waals surface area contributed by atoms with Gasteiger partial charge in [-0.1, -0.05) is 6.92 Å². The molecular formula is C8H17O5P. The molecule has 0 aromatic heterocycles. The summed E-state index contributed by atoms with van der Waals surface area (Å²) in [5.41, 5.74) is 0. The van der Waals surface area contributed by atoms with Gasteiger partial charge in [0, 0.05) is 12.3 Å². The van der Waals surface area contributed by atoms with Gasteiger partial charge >= 0.3 is 5.97 Å². The molecule has 0 saturated heterocycles. The number of rotatable bonds is 7. The Morgan fingerprint density at radius 3 is 2.57 bits per heavy atom. The third-order valence-corrected chi connectivity index (χ3v) is 3.66. The van der Waals surface area contributed by atoms with Gasteiger partial charge in [-0.15, -0.1) is 0 Å². The first-order valence-corrected chi connectivity index (χ1v) is 6.62. The molecular weight excluding hydrogens is 207 g/mol. The Morgan fingerprint density at radius 1 is 1.43 bits per heavy atom. The van der Waals surface area contributed by atoms with Crippen molar-refractivity contribution in [3.05, 3.63) is 0 Å². The average Bonchev–Trinajstić information content (AvgIpc) is 2.11. The van der Waals surface area contributed by atoms with Gasteiger partial charge in [-0.05, 0) is 6.42 Å². The molecule has 0 aromatic rings. The van der Waals surface area contributed by atoms with Crippen LogP contribution in [-0.2, 0) is 14.1 Å². The standard InChI is InChI=1S/C8H17O5P/c1-2-6-14(11,12)7-3-8(10)13-5-4-9/h9H,2-7H2,1H3,(H,11,12). The van der Waals surface area contributed by atoms with Crippen LogP contribution >= 0.6 is 7.37 Å². The summed E-state index contributed by atoms with van der Waals surface area (Å²) in [6, 6.07) is 0. The Bertz CT molecular complexity index is 216. The summed E-state index contributed by atoms with van der Waals surface area (Å²) in [5.74, 6) is -0.538. The van der Waals surface area contributed by atoms with E-state index in [0.717, 1.165) is 0 Å². The van der Waals surface area contributed by atoms with Crippen LogP contribution in [0.15, 0.2) is 0 Å². The minimum absolute atomic E-state index is 0.0366. The molecule has 0 spiro atoms. The van der Waals surface area contributed by atoms with Crippen molar-refractivity contribution in [2.45, 2.75) is 19.8 Å². The van der Waals surface area contributed by atoms with Crippen LogP contribution in [0.2, 0.25) is 0 Å². The molecule has 5 nitrogen and oxygen atoms in total. The first kappa shape index (κ1) is 13.6. The summed E-state index contributed by atoms with van der Waals surface area (Å²) in [5, 5.41) is 8.35. The Hall–Kier alpha value is -0.380. The van der Waals surface area contributed by atoms with Crippen molar-refractivity contribution in [2.24, 2.45) is 0 Å². The topological polar surface area (TPSA) is 83.8 Å². The zero-order valence-electron chi connectivity index (χ0n) is 8.31. The van der Waals surface area contributed by atoms with E-state index in [1.165, 1.54) is 0 Å². The SMILES string of the molecule is CCCP(=O)(O)CCC(=O)OCCO. The van der Waals surface area contributed by atoms with Gasteiger partial charge in [0.2, 0.25) is 7.37 Å². The van der Waals surface area contributed by atoms with Crippen molar-refractivity contribution in [3.63, 3.8) is 0 Å². The number of carbonyl (C=O) groups is 1. The van der Waals surface area contributed by atoms with Crippen LogP contribution in [0.4, 0.5) is 0 Å². The molecule has 0 aliphatic heterocycles. The minimum Gasteiger partial charge on any atom is -0.463 e. The molecule has 0 heterocycles. The highest BCUT2D eigenvalue weighted by Gasteiger charge is 2.18. The van der Waals surface area contributed by atoms with E-state index in [2.05, 4.69) is 4.74 Å². The van der Waals surface area contributed by atoms with Crippen LogP contribution in [0.3, 0.4) is 0 Å². The highest BCUT2D eigenvalue weighted by atomic mass is 31.2. The maximum atomic E-state index is 11.3. The van der Waals surface area contributed by atoms with Crippen molar-refractivity contribution in [1.82, 2.24) is 0 Å². The molecule has 0 saturated carbocycles. The Labute approximate surface area is 83.5 Å². The van der Waals surface area contributed by atoms with Crippen molar-refractivity contribution < 1.29 is 24.1 Å². The van der Waals surface area contributed by atoms with Crippen LogP contribution in [0.5, 0.6) is 0 Å². The molecule has 0 aliphatic rings. The summed E-state index contributed by atoms with van der Waals surface area (Å²) in [6.45, 7) is 1.53. The van der Waals surface area contributed by atoms with E-state index in [4.69, 9.17) is 5.11 Å². The Kier molecular flexibility index (Phi) is 6.79. The third kappa shape index (κ3) is 7.06. The highest BCUT2D eigenvalue weighted by Crippen LogP contribution is 2.41. The molecule has 0 aromatic carbocycles. The molecule has 0 rings (SSSR count). The number of aliphatic hydroxyl groups is 1. The van der Waals surface area contributed by atoms with Crippen molar-refractivity contribution >= 4 is 13.3 Å². The molecule has 6 heteroatoms. The van der Waals surface area contributed by atoms with E-state index >= 15 is 0 Å². The largest absolute Gasteiger partial charge is 0.463 e. The van der Waals surface area contributed by atoms with Gasteiger partial charge in [-0.25, -0.2) is 0 Å².